The zero-order valence-electron chi connectivity index (χ0n) is 12.5. The van der Waals surface area contributed by atoms with Crippen LogP contribution in [0.15, 0.2) is 24.3 Å². The second-order valence-electron chi connectivity index (χ2n) is 5.50. The van der Waals surface area contributed by atoms with Crippen molar-refractivity contribution in [2.75, 3.05) is 13.2 Å². The highest BCUT2D eigenvalue weighted by atomic mass is 16.5. The number of hydrogen-bond acceptors (Lipinski definition) is 4. The molecular formula is C16H19N3O3. The van der Waals surface area contributed by atoms with Gasteiger partial charge in [0, 0.05) is 12.6 Å². The summed E-state index contributed by atoms with van der Waals surface area (Å²) in [5.74, 6) is -0.279. The number of nitrogens with zero attached hydrogens (tertiary/aromatic N) is 2. The lowest BCUT2D eigenvalue weighted by molar-refractivity contribution is -0.139. The monoisotopic (exact) mass is 301 g/mol. The molecule has 6 nitrogen and oxygen atoms in total. The molecule has 2 amide bonds. The van der Waals surface area contributed by atoms with Crippen LogP contribution in [-0.2, 0) is 9.59 Å². The lowest BCUT2D eigenvalue weighted by atomic mass is 9.93. The lowest BCUT2D eigenvalue weighted by Crippen LogP contribution is -2.50. The van der Waals surface area contributed by atoms with Gasteiger partial charge < -0.3 is 15.4 Å². The fourth-order valence-electron chi connectivity index (χ4n) is 2.54. The fourth-order valence-corrected chi connectivity index (χ4v) is 2.54. The van der Waals surface area contributed by atoms with Crippen LogP contribution in [0, 0.1) is 17.2 Å². The van der Waals surface area contributed by atoms with E-state index in [4.69, 9.17) is 15.7 Å². The van der Waals surface area contributed by atoms with Crippen LogP contribution in [0.4, 0.5) is 0 Å². The summed E-state index contributed by atoms with van der Waals surface area (Å²) in [6.45, 7) is 2.21. The van der Waals surface area contributed by atoms with Crippen molar-refractivity contribution in [1.29, 1.82) is 5.26 Å². The van der Waals surface area contributed by atoms with E-state index < -0.39 is 0 Å². The molecule has 1 aromatic rings. The van der Waals surface area contributed by atoms with E-state index >= 15 is 0 Å². The number of likely N-dealkylation sites (tertiary alicyclic amines) is 1. The second-order valence-corrected chi connectivity index (χ2v) is 5.50. The number of nitrogens with two attached hydrogens (primary N) is 1. The molecule has 6 heteroatoms. The Hall–Kier alpha value is -2.55. The van der Waals surface area contributed by atoms with E-state index in [1.807, 2.05) is 13.0 Å². The summed E-state index contributed by atoms with van der Waals surface area (Å²) in [5.41, 5.74) is 5.87. The van der Waals surface area contributed by atoms with Gasteiger partial charge in [0.1, 0.15) is 5.75 Å². The number of rotatable bonds is 4. The quantitative estimate of drug-likeness (QED) is 0.899. The summed E-state index contributed by atoms with van der Waals surface area (Å²) in [6, 6.07) is 8.66. The van der Waals surface area contributed by atoms with Crippen molar-refractivity contribution in [3.8, 4) is 11.8 Å². The molecule has 1 aliphatic rings. The van der Waals surface area contributed by atoms with E-state index in [-0.39, 0.29) is 30.4 Å². The molecule has 2 rings (SSSR count). The van der Waals surface area contributed by atoms with Crippen LogP contribution in [0.5, 0.6) is 5.75 Å². The molecule has 0 aliphatic carbocycles. The van der Waals surface area contributed by atoms with Gasteiger partial charge in [-0.05, 0) is 44.0 Å². The van der Waals surface area contributed by atoms with E-state index in [0.29, 0.717) is 17.9 Å². The minimum atomic E-state index is -0.363. The molecule has 22 heavy (non-hydrogen) atoms. The third-order valence-corrected chi connectivity index (χ3v) is 3.95. The zero-order valence-corrected chi connectivity index (χ0v) is 12.5. The number of carbonyl (C=O) groups excluding carboxylic acids is 2. The highest BCUT2D eigenvalue weighted by Gasteiger charge is 2.31. The molecule has 1 saturated heterocycles. The number of hydrogen-bond donors (Lipinski definition) is 1. The first kappa shape index (κ1) is 15.8. The van der Waals surface area contributed by atoms with E-state index in [2.05, 4.69) is 0 Å². The molecule has 1 aromatic carbocycles. The minimum absolute atomic E-state index is 0.0765. The summed E-state index contributed by atoms with van der Waals surface area (Å²) >= 11 is 0. The van der Waals surface area contributed by atoms with Crippen LogP contribution < -0.4 is 10.5 Å². The van der Waals surface area contributed by atoms with Crippen molar-refractivity contribution in [1.82, 2.24) is 4.90 Å². The SMILES string of the molecule is C[C@H]1CC[C@@H](C(N)=O)CN1C(=O)COc1ccc(C#N)cc1. The Morgan fingerprint density at radius 2 is 2.05 bits per heavy atom. The van der Waals surface area contributed by atoms with Crippen molar-refractivity contribution in [3.63, 3.8) is 0 Å². The van der Waals surface area contributed by atoms with Gasteiger partial charge in [-0.25, -0.2) is 0 Å². The van der Waals surface area contributed by atoms with Gasteiger partial charge in [0.25, 0.3) is 5.91 Å². The van der Waals surface area contributed by atoms with Gasteiger partial charge in [-0.15, -0.1) is 0 Å². The molecule has 1 heterocycles. The molecule has 0 bridgehead atoms. The van der Waals surface area contributed by atoms with E-state index in [9.17, 15) is 9.59 Å². The van der Waals surface area contributed by atoms with E-state index in [0.717, 1.165) is 12.8 Å². The van der Waals surface area contributed by atoms with Crippen molar-refractivity contribution in [3.05, 3.63) is 29.8 Å². The normalized spacial score (nSPS) is 21.0. The predicted octanol–water partition coefficient (Wildman–Crippen LogP) is 1.05. The van der Waals surface area contributed by atoms with Crippen molar-refractivity contribution in [2.45, 2.75) is 25.8 Å². The predicted molar refractivity (Wildman–Crippen MR) is 79.7 cm³/mol. The first-order valence-corrected chi connectivity index (χ1v) is 7.23. The van der Waals surface area contributed by atoms with E-state index in [1.54, 1.807) is 29.2 Å². The maximum absolute atomic E-state index is 12.3. The Bertz CT molecular complexity index is 592. The average molecular weight is 301 g/mol. The van der Waals surface area contributed by atoms with Crippen LogP contribution in [0.3, 0.4) is 0 Å². The van der Waals surface area contributed by atoms with Crippen LogP contribution in [-0.4, -0.2) is 35.9 Å². The highest BCUT2D eigenvalue weighted by molar-refractivity contribution is 5.81. The van der Waals surface area contributed by atoms with Crippen molar-refractivity contribution >= 4 is 11.8 Å². The average Bonchev–Trinajstić information content (AvgIpc) is 2.53. The van der Waals surface area contributed by atoms with Gasteiger partial charge in [0.15, 0.2) is 6.61 Å². The van der Waals surface area contributed by atoms with E-state index in [1.165, 1.54) is 0 Å². The zero-order chi connectivity index (χ0) is 16.1. The number of piperidine rings is 1. The lowest BCUT2D eigenvalue weighted by Gasteiger charge is -2.36. The van der Waals surface area contributed by atoms with Gasteiger partial charge >= 0.3 is 0 Å². The number of carbonyl (C=O) groups is 2. The summed E-state index contributed by atoms with van der Waals surface area (Å²) in [6.07, 6.45) is 1.48. The van der Waals surface area contributed by atoms with Gasteiger partial charge in [-0.2, -0.15) is 5.26 Å². The molecular weight excluding hydrogens is 282 g/mol. The molecule has 0 spiro atoms. The van der Waals surface area contributed by atoms with Crippen molar-refractivity contribution < 1.29 is 14.3 Å². The fraction of sp³-hybridized carbons (Fsp3) is 0.438. The van der Waals surface area contributed by atoms with Gasteiger partial charge in [-0.1, -0.05) is 0 Å². The molecule has 1 aliphatic heterocycles. The van der Waals surface area contributed by atoms with Crippen LogP contribution in [0.25, 0.3) is 0 Å². The maximum atomic E-state index is 12.3. The first-order chi connectivity index (χ1) is 10.5. The smallest absolute Gasteiger partial charge is 0.260 e. The molecule has 0 radical (unpaired) electrons. The number of nitriles is 1. The molecule has 1 fully saturated rings. The third-order valence-electron chi connectivity index (χ3n) is 3.95. The number of benzene rings is 1. The minimum Gasteiger partial charge on any atom is -0.484 e. The second kappa shape index (κ2) is 6.94. The van der Waals surface area contributed by atoms with Gasteiger partial charge in [-0.3, -0.25) is 9.59 Å². The Balaban J connectivity index is 1.92. The maximum Gasteiger partial charge on any atom is 0.260 e. The number of primary amides is 1. The molecule has 0 aromatic heterocycles. The van der Waals surface area contributed by atoms with Gasteiger partial charge in [0.2, 0.25) is 5.91 Å². The van der Waals surface area contributed by atoms with Crippen molar-refractivity contribution in [2.24, 2.45) is 11.7 Å². The molecule has 0 saturated carbocycles. The Morgan fingerprint density at radius 3 is 2.64 bits per heavy atom. The van der Waals surface area contributed by atoms with Crippen LogP contribution >= 0.6 is 0 Å². The van der Waals surface area contributed by atoms with Gasteiger partial charge in [0.05, 0.1) is 17.6 Å². The van der Waals surface area contributed by atoms with Crippen LogP contribution in [0.1, 0.15) is 25.3 Å². The summed E-state index contributed by atoms with van der Waals surface area (Å²) in [4.78, 5) is 25.2. The Kier molecular flexibility index (Phi) is 4.99. The molecule has 2 atom stereocenters. The highest BCUT2D eigenvalue weighted by Crippen LogP contribution is 2.22. The Morgan fingerprint density at radius 1 is 1.36 bits per heavy atom. The first-order valence-electron chi connectivity index (χ1n) is 7.23. The standard InChI is InChI=1S/C16H19N3O3/c1-11-2-5-13(16(18)21)9-19(11)15(20)10-22-14-6-3-12(8-17)4-7-14/h3-4,6-7,11,13H,2,5,9-10H2,1H3,(H2,18,21)/t11-,13+/m0/s1. The third kappa shape index (κ3) is 3.76. The number of ether oxygens (including phenoxy) is 1. The molecule has 116 valence electrons. The topological polar surface area (TPSA) is 96.4 Å². The summed E-state index contributed by atoms with van der Waals surface area (Å²) in [7, 11) is 0. The Labute approximate surface area is 129 Å². The molecule has 0 unspecified atom stereocenters. The van der Waals surface area contributed by atoms with Crippen LogP contribution in [0.2, 0.25) is 0 Å². The summed E-state index contributed by atoms with van der Waals surface area (Å²) < 4.78 is 5.45. The molecule has 2 N–H and O–H groups in total. The largest absolute Gasteiger partial charge is 0.484 e. The summed E-state index contributed by atoms with van der Waals surface area (Å²) in [5, 5.41) is 8.73. The number of amides is 2.